The molecule has 0 fully saturated rings. The fraction of sp³-hybridized carbons (Fsp3) is 0.143. The largest absolute Gasteiger partial charge is 0.433 e. The summed E-state index contributed by atoms with van der Waals surface area (Å²) in [7, 11) is 0. The van der Waals surface area contributed by atoms with E-state index in [-0.39, 0.29) is 11.3 Å². The molecule has 0 unspecified atom stereocenters. The average molecular weight is 202 g/mol. The summed E-state index contributed by atoms with van der Waals surface area (Å²) in [5.41, 5.74) is 4.63. The van der Waals surface area contributed by atoms with E-state index in [0.717, 1.165) is 12.3 Å². The molecule has 0 spiro atoms. The number of aromatic nitrogens is 3. The summed E-state index contributed by atoms with van der Waals surface area (Å²) >= 11 is 0. The van der Waals surface area contributed by atoms with Crippen LogP contribution in [0.25, 0.3) is 10.9 Å². The highest BCUT2D eigenvalue weighted by Crippen LogP contribution is 2.29. The molecule has 0 aliphatic carbocycles. The second kappa shape index (κ2) is 2.60. The first-order valence-corrected chi connectivity index (χ1v) is 3.65. The van der Waals surface area contributed by atoms with E-state index in [1.54, 1.807) is 0 Å². The molecular weight excluding hydrogens is 197 g/mol. The van der Waals surface area contributed by atoms with Gasteiger partial charge in [0.25, 0.3) is 0 Å². The van der Waals surface area contributed by atoms with Gasteiger partial charge in [-0.15, -0.1) is 0 Å². The fourth-order valence-corrected chi connectivity index (χ4v) is 1.09. The van der Waals surface area contributed by atoms with Crippen LogP contribution in [-0.2, 0) is 6.18 Å². The summed E-state index contributed by atoms with van der Waals surface area (Å²) in [6.45, 7) is 0. The summed E-state index contributed by atoms with van der Waals surface area (Å²) in [4.78, 5) is 3.25. The molecular formula is C7H5F3N4. The quantitative estimate of drug-likeness (QED) is 0.681. The number of hydrogen-bond donors (Lipinski definition) is 2. The lowest BCUT2D eigenvalue weighted by molar-refractivity contribution is -0.141. The highest BCUT2D eigenvalue weighted by atomic mass is 19.4. The van der Waals surface area contributed by atoms with Gasteiger partial charge in [0.2, 0.25) is 0 Å². The summed E-state index contributed by atoms with van der Waals surface area (Å²) in [5.74, 6) is 0.140. The Hall–Kier alpha value is -1.79. The van der Waals surface area contributed by atoms with E-state index >= 15 is 0 Å². The zero-order chi connectivity index (χ0) is 10.3. The van der Waals surface area contributed by atoms with Crippen LogP contribution in [0.3, 0.4) is 0 Å². The Morgan fingerprint density at radius 3 is 2.71 bits per heavy atom. The molecule has 2 aromatic rings. The van der Waals surface area contributed by atoms with Crippen LogP contribution in [0.1, 0.15) is 5.69 Å². The molecule has 14 heavy (non-hydrogen) atoms. The van der Waals surface area contributed by atoms with Crippen LogP contribution in [-0.4, -0.2) is 15.2 Å². The summed E-state index contributed by atoms with van der Waals surface area (Å²) in [6.07, 6.45) is -3.40. The Labute approximate surface area is 75.9 Å². The van der Waals surface area contributed by atoms with Crippen LogP contribution in [0, 0.1) is 0 Å². The molecule has 0 aromatic carbocycles. The van der Waals surface area contributed by atoms with Crippen LogP contribution in [0.2, 0.25) is 0 Å². The van der Waals surface area contributed by atoms with E-state index in [9.17, 15) is 13.2 Å². The molecule has 7 heteroatoms. The molecule has 2 aromatic heterocycles. The molecule has 0 atom stereocenters. The van der Waals surface area contributed by atoms with Gasteiger partial charge in [-0.1, -0.05) is 0 Å². The third-order valence-electron chi connectivity index (χ3n) is 1.77. The number of rotatable bonds is 0. The molecule has 0 aliphatic rings. The number of nitrogens with one attached hydrogen (secondary N) is 1. The molecule has 0 aliphatic heterocycles. The maximum Gasteiger partial charge on any atom is 0.433 e. The molecule has 0 amide bonds. The highest BCUT2D eigenvalue weighted by Gasteiger charge is 2.32. The predicted octanol–water partition coefficient (Wildman–Crippen LogP) is 1.56. The Balaban J connectivity index is 2.63. The Kier molecular flexibility index (Phi) is 1.63. The topological polar surface area (TPSA) is 67.6 Å². The zero-order valence-electron chi connectivity index (χ0n) is 6.76. The van der Waals surface area contributed by atoms with Gasteiger partial charge in [0.15, 0.2) is 5.82 Å². The number of pyridine rings is 1. The van der Waals surface area contributed by atoms with Crippen molar-refractivity contribution in [1.29, 1.82) is 0 Å². The van der Waals surface area contributed by atoms with Gasteiger partial charge in [-0.25, -0.2) is 0 Å². The zero-order valence-corrected chi connectivity index (χ0v) is 6.76. The second-order valence-corrected chi connectivity index (χ2v) is 2.72. The Morgan fingerprint density at radius 2 is 2.07 bits per heavy atom. The van der Waals surface area contributed by atoms with Crippen molar-refractivity contribution >= 4 is 16.7 Å². The molecule has 0 saturated carbocycles. The molecule has 3 N–H and O–H groups in total. The van der Waals surface area contributed by atoms with Gasteiger partial charge in [-0.2, -0.15) is 18.3 Å². The molecule has 2 rings (SSSR count). The van der Waals surface area contributed by atoms with Gasteiger partial charge in [0.05, 0.1) is 10.9 Å². The van der Waals surface area contributed by atoms with E-state index < -0.39 is 11.9 Å². The van der Waals surface area contributed by atoms with Crippen LogP contribution in [0.5, 0.6) is 0 Å². The monoisotopic (exact) mass is 202 g/mol. The van der Waals surface area contributed by atoms with Crippen molar-refractivity contribution in [3.8, 4) is 0 Å². The van der Waals surface area contributed by atoms with Gasteiger partial charge in [-0.3, -0.25) is 10.1 Å². The fourth-order valence-electron chi connectivity index (χ4n) is 1.09. The number of H-pyrrole nitrogens is 1. The van der Waals surface area contributed by atoms with Gasteiger partial charge in [0.1, 0.15) is 5.69 Å². The number of fused-ring (bicyclic) bond motifs is 1. The van der Waals surface area contributed by atoms with Crippen molar-refractivity contribution in [1.82, 2.24) is 15.2 Å². The van der Waals surface area contributed by atoms with Crippen LogP contribution in [0.4, 0.5) is 19.0 Å². The smallest absolute Gasteiger partial charge is 0.382 e. The van der Waals surface area contributed by atoms with Crippen molar-refractivity contribution in [2.75, 3.05) is 5.73 Å². The minimum absolute atomic E-state index is 0.140. The standard InChI is InChI=1S/C7H5F3N4/c8-7(9,10)5-1-4-3(2-12-5)6(11)14-13-4/h1-2H,(H3,11,13,14). The number of nitrogen functional groups attached to an aromatic ring is 1. The summed E-state index contributed by atoms with van der Waals surface area (Å²) in [5, 5.41) is 6.34. The van der Waals surface area contributed by atoms with E-state index in [1.165, 1.54) is 0 Å². The number of hydrogen-bond acceptors (Lipinski definition) is 3. The minimum Gasteiger partial charge on any atom is -0.382 e. The maximum absolute atomic E-state index is 12.2. The van der Waals surface area contributed by atoms with Crippen molar-refractivity contribution in [3.05, 3.63) is 18.0 Å². The SMILES string of the molecule is Nc1n[nH]c2cc(C(F)(F)F)ncc12. The van der Waals surface area contributed by atoms with Crippen molar-refractivity contribution in [2.24, 2.45) is 0 Å². The van der Waals surface area contributed by atoms with Crippen LogP contribution >= 0.6 is 0 Å². The number of aromatic amines is 1. The van der Waals surface area contributed by atoms with Crippen LogP contribution in [0.15, 0.2) is 12.3 Å². The molecule has 0 saturated heterocycles. The normalized spacial score (nSPS) is 12.2. The number of alkyl halides is 3. The van der Waals surface area contributed by atoms with Crippen molar-refractivity contribution in [2.45, 2.75) is 6.18 Å². The maximum atomic E-state index is 12.2. The van der Waals surface area contributed by atoms with Gasteiger partial charge < -0.3 is 5.73 Å². The Bertz CT molecular complexity index is 473. The molecule has 74 valence electrons. The molecule has 4 nitrogen and oxygen atoms in total. The van der Waals surface area contributed by atoms with E-state index in [1.807, 2.05) is 0 Å². The first-order chi connectivity index (χ1) is 6.48. The van der Waals surface area contributed by atoms with E-state index in [0.29, 0.717) is 5.39 Å². The highest BCUT2D eigenvalue weighted by molar-refractivity contribution is 5.87. The predicted molar refractivity (Wildman–Crippen MR) is 43.3 cm³/mol. The first kappa shape index (κ1) is 8.79. The van der Waals surface area contributed by atoms with Crippen molar-refractivity contribution < 1.29 is 13.2 Å². The van der Waals surface area contributed by atoms with E-state index in [4.69, 9.17) is 5.73 Å². The molecule has 2 heterocycles. The van der Waals surface area contributed by atoms with Gasteiger partial charge in [0, 0.05) is 6.20 Å². The van der Waals surface area contributed by atoms with E-state index in [2.05, 4.69) is 15.2 Å². The third kappa shape index (κ3) is 1.26. The number of nitrogens with two attached hydrogens (primary N) is 1. The molecule has 0 radical (unpaired) electrons. The van der Waals surface area contributed by atoms with Gasteiger partial charge in [-0.05, 0) is 6.07 Å². The second-order valence-electron chi connectivity index (χ2n) is 2.72. The first-order valence-electron chi connectivity index (χ1n) is 3.65. The van der Waals surface area contributed by atoms with Gasteiger partial charge >= 0.3 is 6.18 Å². The number of nitrogens with zero attached hydrogens (tertiary/aromatic N) is 2. The lowest BCUT2D eigenvalue weighted by atomic mass is 10.2. The average Bonchev–Trinajstić information content (AvgIpc) is 2.46. The number of anilines is 1. The lowest BCUT2D eigenvalue weighted by Gasteiger charge is -2.04. The Morgan fingerprint density at radius 1 is 1.36 bits per heavy atom. The van der Waals surface area contributed by atoms with Crippen molar-refractivity contribution in [3.63, 3.8) is 0 Å². The minimum atomic E-state index is -4.45. The van der Waals surface area contributed by atoms with Crippen LogP contribution < -0.4 is 5.73 Å². The lowest BCUT2D eigenvalue weighted by Crippen LogP contribution is -2.07. The number of halogens is 3. The summed E-state index contributed by atoms with van der Waals surface area (Å²) in [6, 6.07) is 0.874. The summed E-state index contributed by atoms with van der Waals surface area (Å²) < 4.78 is 36.6. The third-order valence-corrected chi connectivity index (χ3v) is 1.77. The molecule has 0 bridgehead atoms.